The molecule has 0 bridgehead atoms. The van der Waals surface area contributed by atoms with Crippen LogP contribution in [0.25, 0.3) is 5.69 Å². The average molecular weight is 391 g/mol. The number of halogens is 1. The highest BCUT2D eigenvalue weighted by Gasteiger charge is 2.76. The van der Waals surface area contributed by atoms with E-state index >= 15 is 0 Å². The molecule has 1 aromatic carbocycles. The highest BCUT2D eigenvalue weighted by molar-refractivity contribution is 5.98. The van der Waals surface area contributed by atoms with Crippen molar-refractivity contribution in [2.75, 3.05) is 6.54 Å². The first-order valence-electron chi connectivity index (χ1n) is 9.71. The minimum absolute atomic E-state index is 0.0190. The summed E-state index contributed by atoms with van der Waals surface area (Å²) in [6.07, 6.45) is 6.25. The molecule has 8 heteroatoms. The number of carbonyl (C=O) groups is 1. The maximum absolute atomic E-state index is 13.5. The van der Waals surface area contributed by atoms with Gasteiger partial charge in [0.2, 0.25) is 5.88 Å². The fourth-order valence-electron chi connectivity index (χ4n) is 5.16. The van der Waals surface area contributed by atoms with Crippen LogP contribution in [0.3, 0.4) is 0 Å². The molecular weight excluding hydrogens is 373 g/mol. The van der Waals surface area contributed by atoms with Gasteiger partial charge in [0.1, 0.15) is 11.9 Å². The number of hydrogen-bond acceptors (Lipinski definition) is 5. The summed E-state index contributed by atoms with van der Waals surface area (Å²) in [5.41, 5.74) is 1.42. The number of likely N-dealkylation sites (tertiary alicyclic amines) is 1. The summed E-state index contributed by atoms with van der Waals surface area (Å²) >= 11 is 0. The van der Waals surface area contributed by atoms with Crippen molar-refractivity contribution in [2.24, 2.45) is 11.3 Å². The van der Waals surface area contributed by atoms with E-state index in [2.05, 4.69) is 15.2 Å². The SMILES string of the molecule is O=C(c1ccccc1-n1nccn1)N1CC2CC23CC(Oc2ccc(F)cn2)C13. The minimum atomic E-state index is -0.397. The Morgan fingerprint density at radius 1 is 1.14 bits per heavy atom. The fourth-order valence-corrected chi connectivity index (χ4v) is 5.16. The Morgan fingerprint density at radius 3 is 2.76 bits per heavy atom. The van der Waals surface area contributed by atoms with Gasteiger partial charge in [-0.3, -0.25) is 4.79 Å². The molecule has 3 aromatic rings. The maximum Gasteiger partial charge on any atom is 0.256 e. The predicted molar refractivity (Wildman–Crippen MR) is 100.0 cm³/mol. The maximum atomic E-state index is 13.5. The number of nitrogens with zero attached hydrogens (tertiary/aromatic N) is 5. The van der Waals surface area contributed by atoms with Gasteiger partial charge in [-0.2, -0.15) is 15.0 Å². The highest BCUT2D eigenvalue weighted by Crippen LogP contribution is 2.71. The van der Waals surface area contributed by atoms with Crippen molar-refractivity contribution in [3.63, 3.8) is 0 Å². The number of carbonyl (C=O) groups excluding carboxylic acids is 1. The van der Waals surface area contributed by atoms with Crippen LogP contribution in [0, 0.1) is 17.2 Å². The first-order chi connectivity index (χ1) is 14.2. The quantitative estimate of drug-likeness (QED) is 0.683. The Morgan fingerprint density at radius 2 is 1.97 bits per heavy atom. The molecule has 0 radical (unpaired) electrons. The summed E-state index contributed by atoms with van der Waals surface area (Å²) in [5, 5.41) is 8.35. The van der Waals surface area contributed by atoms with E-state index in [1.807, 2.05) is 29.2 Å². The Labute approximate surface area is 166 Å². The van der Waals surface area contributed by atoms with Gasteiger partial charge in [0.25, 0.3) is 5.91 Å². The van der Waals surface area contributed by atoms with Crippen LogP contribution in [0.1, 0.15) is 23.2 Å². The van der Waals surface area contributed by atoms with Crippen LogP contribution in [-0.2, 0) is 0 Å². The lowest BCUT2D eigenvalue weighted by Gasteiger charge is -2.47. The molecule has 2 aliphatic carbocycles. The van der Waals surface area contributed by atoms with Crippen LogP contribution >= 0.6 is 0 Å². The van der Waals surface area contributed by atoms with Gasteiger partial charge in [-0.05, 0) is 37.0 Å². The minimum Gasteiger partial charge on any atom is -0.472 e. The number of pyridine rings is 1. The van der Waals surface area contributed by atoms with Crippen LogP contribution in [0.2, 0.25) is 0 Å². The Bertz CT molecular complexity index is 1090. The van der Waals surface area contributed by atoms with Crippen molar-refractivity contribution in [3.8, 4) is 11.6 Å². The monoisotopic (exact) mass is 391 g/mol. The molecular formula is C21H18FN5O2. The second-order valence-electron chi connectivity index (χ2n) is 8.05. The molecule has 1 aliphatic heterocycles. The van der Waals surface area contributed by atoms with Gasteiger partial charge in [0.15, 0.2) is 0 Å². The van der Waals surface area contributed by atoms with E-state index in [0.717, 1.165) is 25.6 Å². The van der Waals surface area contributed by atoms with Crippen molar-refractivity contribution in [2.45, 2.75) is 25.0 Å². The van der Waals surface area contributed by atoms with Crippen LogP contribution in [0.4, 0.5) is 4.39 Å². The van der Waals surface area contributed by atoms with Crippen molar-refractivity contribution in [1.29, 1.82) is 0 Å². The molecule has 2 aromatic heterocycles. The van der Waals surface area contributed by atoms with Crippen molar-refractivity contribution >= 4 is 5.91 Å². The molecule has 7 nitrogen and oxygen atoms in total. The smallest absolute Gasteiger partial charge is 0.256 e. The number of para-hydroxylation sites is 1. The van der Waals surface area contributed by atoms with Crippen LogP contribution in [0.15, 0.2) is 55.0 Å². The topological polar surface area (TPSA) is 73.1 Å². The first-order valence-corrected chi connectivity index (χ1v) is 9.71. The molecule has 1 saturated heterocycles. The van der Waals surface area contributed by atoms with Gasteiger partial charge >= 0.3 is 0 Å². The Balaban J connectivity index is 1.28. The summed E-state index contributed by atoms with van der Waals surface area (Å²) in [5.74, 6) is 0.498. The van der Waals surface area contributed by atoms with Gasteiger partial charge in [0, 0.05) is 18.0 Å². The van der Waals surface area contributed by atoms with E-state index in [9.17, 15) is 9.18 Å². The number of benzene rings is 1. The zero-order valence-corrected chi connectivity index (χ0v) is 15.5. The van der Waals surface area contributed by atoms with Crippen molar-refractivity contribution < 1.29 is 13.9 Å². The molecule has 6 rings (SSSR count). The molecule has 1 spiro atoms. The number of piperidine rings is 1. The molecule has 2 saturated carbocycles. The third kappa shape index (κ3) is 2.41. The summed E-state index contributed by atoms with van der Waals surface area (Å²) in [4.78, 5) is 20.9. The van der Waals surface area contributed by atoms with E-state index in [-0.39, 0.29) is 23.5 Å². The van der Waals surface area contributed by atoms with E-state index in [0.29, 0.717) is 23.0 Å². The number of rotatable bonds is 4. The molecule has 4 unspecified atom stereocenters. The molecule has 3 fully saturated rings. The fraction of sp³-hybridized carbons (Fsp3) is 0.333. The number of aromatic nitrogens is 4. The normalized spacial score (nSPS) is 29.0. The third-order valence-electron chi connectivity index (χ3n) is 6.56. The van der Waals surface area contributed by atoms with Crippen molar-refractivity contribution in [3.05, 3.63) is 66.4 Å². The lowest BCUT2D eigenvalue weighted by molar-refractivity contribution is -0.0345. The van der Waals surface area contributed by atoms with Crippen LogP contribution in [-0.4, -0.2) is 49.5 Å². The average Bonchev–Trinajstić information content (AvgIpc) is 3.10. The molecule has 29 heavy (non-hydrogen) atoms. The van der Waals surface area contributed by atoms with Gasteiger partial charge in [-0.25, -0.2) is 9.37 Å². The van der Waals surface area contributed by atoms with Crippen LogP contribution in [0.5, 0.6) is 5.88 Å². The van der Waals surface area contributed by atoms with E-state index in [4.69, 9.17) is 4.74 Å². The number of hydrogen-bond donors (Lipinski definition) is 0. The third-order valence-corrected chi connectivity index (χ3v) is 6.56. The molecule has 146 valence electrons. The molecule has 0 N–H and O–H groups in total. The zero-order chi connectivity index (χ0) is 19.6. The first kappa shape index (κ1) is 16.6. The van der Waals surface area contributed by atoms with Gasteiger partial charge in [-0.15, -0.1) is 0 Å². The van der Waals surface area contributed by atoms with Gasteiger partial charge in [0.05, 0.1) is 35.9 Å². The summed E-state index contributed by atoms with van der Waals surface area (Å²) < 4.78 is 19.2. The second kappa shape index (κ2) is 5.85. The molecule has 4 atom stereocenters. The zero-order valence-electron chi connectivity index (χ0n) is 15.5. The lowest BCUT2D eigenvalue weighted by Crippen LogP contribution is -2.59. The van der Waals surface area contributed by atoms with E-state index < -0.39 is 5.82 Å². The predicted octanol–water partition coefficient (Wildman–Crippen LogP) is 2.48. The van der Waals surface area contributed by atoms with Crippen LogP contribution < -0.4 is 4.74 Å². The lowest BCUT2D eigenvalue weighted by atomic mass is 9.73. The van der Waals surface area contributed by atoms with Gasteiger partial charge < -0.3 is 9.64 Å². The van der Waals surface area contributed by atoms with E-state index in [1.54, 1.807) is 12.4 Å². The van der Waals surface area contributed by atoms with Gasteiger partial charge in [-0.1, -0.05) is 12.1 Å². The highest BCUT2D eigenvalue weighted by atomic mass is 19.1. The molecule has 3 heterocycles. The molecule has 3 aliphatic rings. The number of amides is 1. The largest absolute Gasteiger partial charge is 0.472 e. The molecule has 1 amide bonds. The summed E-state index contributed by atoms with van der Waals surface area (Å²) in [7, 11) is 0. The standard InChI is InChI=1S/C21H18FN5O2/c22-14-5-6-18(23-11-14)29-17-10-21-9-13(21)12-26(19(17)21)20(28)15-3-1-2-4-16(15)27-24-7-8-25-27/h1-8,11,13,17,19H,9-10,12H2. The Hall–Kier alpha value is -3.29. The summed E-state index contributed by atoms with van der Waals surface area (Å²) in [6.45, 7) is 0.737. The summed E-state index contributed by atoms with van der Waals surface area (Å²) in [6, 6.07) is 10.3. The van der Waals surface area contributed by atoms with Crippen molar-refractivity contribution in [1.82, 2.24) is 24.9 Å². The van der Waals surface area contributed by atoms with E-state index in [1.165, 1.54) is 16.9 Å². The number of ether oxygens (including phenoxy) is 1. The second-order valence-corrected chi connectivity index (χ2v) is 8.05. The Kier molecular flexibility index (Phi) is 3.36.